The smallest absolute Gasteiger partial charge is 0.315 e. The number of thiophene rings is 1. The molecule has 2 amide bonds. The molecule has 0 spiro atoms. The molecule has 1 heterocycles. The van der Waals surface area contributed by atoms with Crippen molar-refractivity contribution in [1.29, 1.82) is 0 Å². The van der Waals surface area contributed by atoms with Crippen LogP contribution in [-0.2, 0) is 6.54 Å². The molecule has 0 aliphatic heterocycles. The fourth-order valence-electron chi connectivity index (χ4n) is 1.30. The zero-order valence-corrected chi connectivity index (χ0v) is 11.1. The van der Waals surface area contributed by atoms with E-state index in [1.807, 2.05) is 30.7 Å². The Hall–Kier alpha value is -1.07. The number of carbonyl (C=O) groups excluding carboxylic acids is 1. The average molecular weight is 256 g/mol. The van der Waals surface area contributed by atoms with E-state index in [0.29, 0.717) is 19.5 Å². The summed E-state index contributed by atoms with van der Waals surface area (Å²) in [6.45, 7) is 4.96. The number of aliphatic hydroxyl groups excluding tert-OH is 1. The molecule has 0 aromatic carbocycles. The number of aliphatic hydroxyl groups is 1. The van der Waals surface area contributed by atoms with Gasteiger partial charge in [-0.15, -0.1) is 0 Å². The molecule has 0 saturated heterocycles. The molecule has 1 rings (SSSR count). The van der Waals surface area contributed by atoms with Crippen molar-refractivity contribution in [2.75, 3.05) is 6.54 Å². The fourth-order valence-corrected chi connectivity index (χ4v) is 1.97. The third kappa shape index (κ3) is 5.70. The van der Waals surface area contributed by atoms with E-state index in [1.165, 1.54) is 0 Å². The molecule has 17 heavy (non-hydrogen) atoms. The number of urea groups is 1. The molecule has 0 fully saturated rings. The predicted molar refractivity (Wildman–Crippen MR) is 70.0 cm³/mol. The van der Waals surface area contributed by atoms with Crippen molar-refractivity contribution in [2.45, 2.75) is 32.9 Å². The van der Waals surface area contributed by atoms with Gasteiger partial charge in [-0.05, 0) is 34.7 Å². The van der Waals surface area contributed by atoms with Crippen LogP contribution in [0.4, 0.5) is 4.79 Å². The van der Waals surface area contributed by atoms with Gasteiger partial charge in [0.2, 0.25) is 0 Å². The molecule has 96 valence electrons. The molecule has 1 atom stereocenters. The lowest BCUT2D eigenvalue weighted by atomic mass is 10.0. The van der Waals surface area contributed by atoms with Gasteiger partial charge in [-0.2, -0.15) is 11.3 Å². The van der Waals surface area contributed by atoms with Gasteiger partial charge in [-0.25, -0.2) is 4.79 Å². The van der Waals surface area contributed by atoms with E-state index in [0.717, 1.165) is 5.56 Å². The van der Waals surface area contributed by atoms with Crippen molar-refractivity contribution in [3.8, 4) is 0 Å². The topological polar surface area (TPSA) is 61.4 Å². The Morgan fingerprint density at radius 3 is 2.82 bits per heavy atom. The molecule has 1 aromatic heterocycles. The van der Waals surface area contributed by atoms with E-state index in [9.17, 15) is 9.90 Å². The Balaban J connectivity index is 2.09. The molecule has 3 N–H and O–H groups in total. The average Bonchev–Trinajstić information content (AvgIpc) is 2.78. The van der Waals surface area contributed by atoms with Crippen LogP contribution in [0.2, 0.25) is 0 Å². The van der Waals surface area contributed by atoms with Crippen LogP contribution in [0.3, 0.4) is 0 Å². The van der Waals surface area contributed by atoms with Crippen molar-refractivity contribution in [2.24, 2.45) is 5.92 Å². The predicted octanol–water partition coefficient (Wildman–Crippen LogP) is 1.95. The van der Waals surface area contributed by atoms with Crippen LogP contribution in [-0.4, -0.2) is 23.8 Å². The molecule has 5 heteroatoms. The molecular weight excluding hydrogens is 236 g/mol. The SMILES string of the molecule is CC(C)C(O)CCNC(=O)NCc1ccsc1. The van der Waals surface area contributed by atoms with Gasteiger partial charge in [0, 0.05) is 13.1 Å². The maximum atomic E-state index is 11.4. The Kier molecular flexibility index (Phi) is 6.00. The second-order valence-electron chi connectivity index (χ2n) is 4.34. The quantitative estimate of drug-likeness (QED) is 0.728. The lowest BCUT2D eigenvalue weighted by Crippen LogP contribution is -2.36. The van der Waals surface area contributed by atoms with Crippen molar-refractivity contribution in [3.05, 3.63) is 22.4 Å². The highest BCUT2D eigenvalue weighted by atomic mass is 32.1. The number of rotatable bonds is 6. The van der Waals surface area contributed by atoms with E-state index in [4.69, 9.17) is 0 Å². The number of carbonyl (C=O) groups is 1. The van der Waals surface area contributed by atoms with Crippen molar-refractivity contribution in [1.82, 2.24) is 10.6 Å². The Morgan fingerprint density at radius 2 is 2.24 bits per heavy atom. The van der Waals surface area contributed by atoms with Crippen LogP contribution in [0.1, 0.15) is 25.8 Å². The first-order valence-electron chi connectivity index (χ1n) is 5.80. The van der Waals surface area contributed by atoms with Crippen LogP contribution in [0.5, 0.6) is 0 Å². The minimum atomic E-state index is -0.354. The van der Waals surface area contributed by atoms with Crippen molar-refractivity contribution < 1.29 is 9.90 Å². The standard InChI is InChI=1S/C12H20N2O2S/c1-9(2)11(15)3-5-13-12(16)14-7-10-4-6-17-8-10/h4,6,8-9,11,15H,3,5,7H2,1-2H3,(H2,13,14,16). The second kappa shape index (κ2) is 7.29. The summed E-state index contributed by atoms with van der Waals surface area (Å²) in [6.07, 6.45) is 0.232. The number of amides is 2. The summed E-state index contributed by atoms with van der Waals surface area (Å²) in [4.78, 5) is 11.4. The lowest BCUT2D eigenvalue weighted by Gasteiger charge is -2.14. The highest BCUT2D eigenvalue weighted by Crippen LogP contribution is 2.05. The largest absolute Gasteiger partial charge is 0.393 e. The zero-order valence-electron chi connectivity index (χ0n) is 10.3. The molecular formula is C12H20N2O2S. The maximum Gasteiger partial charge on any atom is 0.315 e. The molecule has 4 nitrogen and oxygen atoms in total. The first kappa shape index (κ1) is 14.0. The minimum Gasteiger partial charge on any atom is -0.393 e. The van der Waals surface area contributed by atoms with Gasteiger partial charge in [-0.1, -0.05) is 13.8 Å². The fraction of sp³-hybridized carbons (Fsp3) is 0.583. The van der Waals surface area contributed by atoms with Gasteiger partial charge < -0.3 is 15.7 Å². The summed E-state index contributed by atoms with van der Waals surface area (Å²) >= 11 is 1.61. The van der Waals surface area contributed by atoms with Crippen LogP contribution in [0, 0.1) is 5.92 Å². The summed E-state index contributed by atoms with van der Waals surface area (Å²) in [7, 11) is 0. The lowest BCUT2D eigenvalue weighted by molar-refractivity contribution is 0.116. The van der Waals surface area contributed by atoms with E-state index >= 15 is 0 Å². The normalized spacial score (nSPS) is 12.5. The van der Waals surface area contributed by atoms with Crippen LogP contribution >= 0.6 is 11.3 Å². The first-order chi connectivity index (χ1) is 8.09. The van der Waals surface area contributed by atoms with Crippen molar-refractivity contribution in [3.63, 3.8) is 0 Å². The molecule has 0 radical (unpaired) electrons. The third-order valence-electron chi connectivity index (χ3n) is 2.53. The number of hydrogen-bond acceptors (Lipinski definition) is 3. The van der Waals surface area contributed by atoms with Gasteiger partial charge in [0.1, 0.15) is 0 Å². The molecule has 1 aromatic rings. The van der Waals surface area contributed by atoms with Crippen molar-refractivity contribution >= 4 is 17.4 Å². The zero-order chi connectivity index (χ0) is 12.7. The van der Waals surface area contributed by atoms with Crippen LogP contribution in [0.15, 0.2) is 16.8 Å². The summed E-state index contributed by atoms with van der Waals surface area (Å²) in [5.74, 6) is 0.227. The highest BCUT2D eigenvalue weighted by molar-refractivity contribution is 7.07. The summed E-state index contributed by atoms with van der Waals surface area (Å²) in [5.41, 5.74) is 1.10. The van der Waals surface area contributed by atoms with Gasteiger partial charge >= 0.3 is 6.03 Å². The third-order valence-corrected chi connectivity index (χ3v) is 3.26. The van der Waals surface area contributed by atoms with Gasteiger partial charge in [0.05, 0.1) is 6.10 Å². The molecule has 0 bridgehead atoms. The van der Waals surface area contributed by atoms with E-state index in [2.05, 4.69) is 10.6 Å². The second-order valence-corrected chi connectivity index (χ2v) is 5.12. The molecule has 0 aliphatic carbocycles. The van der Waals surface area contributed by atoms with Crippen LogP contribution in [0.25, 0.3) is 0 Å². The monoisotopic (exact) mass is 256 g/mol. The van der Waals surface area contributed by atoms with E-state index < -0.39 is 0 Å². The summed E-state index contributed by atoms with van der Waals surface area (Å²) < 4.78 is 0. The molecule has 0 saturated carbocycles. The minimum absolute atomic E-state index is 0.188. The van der Waals surface area contributed by atoms with E-state index in [1.54, 1.807) is 11.3 Å². The number of hydrogen-bond donors (Lipinski definition) is 3. The van der Waals surface area contributed by atoms with Gasteiger partial charge in [0.15, 0.2) is 0 Å². The summed E-state index contributed by atoms with van der Waals surface area (Å²) in [5, 5.41) is 19.0. The first-order valence-corrected chi connectivity index (χ1v) is 6.74. The van der Waals surface area contributed by atoms with Gasteiger partial charge in [-0.3, -0.25) is 0 Å². The highest BCUT2D eigenvalue weighted by Gasteiger charge is 2.09. The Labute approximate surface area is 106 Å². The number of nitrogens with one attached hydrogen (secondary N) is 2. The Morgan fingerprint density at radius 1 is 1.47 bits per heavy atom. The van der Waals surface area contributed by atoms with Crippen LogP contribution < -0.4 is 10.6 Å². The van der Waals surface area contributed by atoms with Gasteiger partial charge in [0.25, 0.3) is 0 Å². The molecule has 0 aliphatic rings. The molecule has 1 unspecified atom stereocenters. The van der Waals surface area contributed by atoms with E-state index in [-0.39, 0.29) is 18.1 Å². The maximum absolute atomic E-state index is 11.4. The summed E-state index contributed by atoms with van der Waals surface area (Å²) in [6, 6.07) is 1.79. The Bertz CT molecular complexity index is 325.